The topological polar surface area (TPSA) is 499 Å². The molecule has 117 heavy (non-hydrogen) atoms. The van der Waals surface area contributed by atoms with Gasteiger partial charge in [-0.1, -0.05) is 194 Å². The van der Waals surface area contributed by atoms with Crippen LogP contribution in [0.2, 0.25) is 15.7 Å². The zero-order valence-electron chi connectivity index (χ0n) is 61.5. The summed E-state index contributed by atoms with van der Waals surface area (Å²) >= 11 is 17.1. The zero-order chi connectivity index (χ0) is 82.4. The fourth-order valence-electron chi connectivity index (χ4n) is 10.5. The van der Waals surface area contributed by atoms with E-state index in [-0.39, 0.29) is 55.3 Å². The number of hydrogen-bond acceptors (Lipinski definition) is 31. The van der Waals surface area contributed by atoms with Crippen molar-refractivity contribution in [2.24, 2.45) is 0 Å². The van der Waals surface area contributed by atoms with Gasteiger partial charge < -0.3 is 45.5 Å². The molecule has 9 aromatic heterocycles. The molecule has 11 heterocycles. The first-order valence-corrected chi connectivity index (χ1v) is 36.2. The van der Waals surface area contributed by atoms with Gasteiger partial charge in [-0.15, -0.1) is 0 Å². The number of benzene rings is 6. The molecule has 0 spiro atoms. The van der Waals surface area contributed by atoms with E-state index < -0.39 is 24.5 Å². The Hall–Kier alpha value is -14.9. The smallest absolute Gasteiger partial charge is 0.453 e. The van der Waals surface area contributed by atoms with Crippen LogP contribution in [0.1, 0.15) is 16.7 Å². The number of nitrogens with one attached hydrogen (secondary N) is 3. The molecule has 17 rings (SSSR count). The van der Waals surface area contributed by atoms with Gasteiger partial charge in [-0.05, 0) is 28.7 Å². The monoisotopic (exact) mass is 1620 g/mol. The number of fused-ring (bicyclic) bond motifs is 3. The second-order valence-corrected chi connectivity index (χ2v) is 25.0. The number of nitrogens with two attached hydrogens (primary N) is 2. The maximum atomic E-state index is 11.5. The normalized spacial score (nSPS) is 11.8. The highest BCUT2D eigenvalue weighted by molar-refractivity contribution is 6.58. The first kappa shape index (κ1) is 83.1. The average molecular weight is 1620 g/mol. The van der Waals surface area contributed by atoms with E-state index in [2.05, 4.69) is 94.6 Å². The SMILES string of the molecule is COC(=O)Nc1nc(-c2ccccc2)ncc1C#N.Clc1nc(Cl)c2cnc(-c3ccccc3)nc2n1.N#Cc1cnc(-c2ccccc2)nc1N.N#Cc1cnc(Cl)nc1N.O=c1[nH]c(=O)c2cnc(-c3ccccc3)nc2[nH]1.OB(O)c1ccccc1.c1ccc(-c2ncc3c(N4CCOCC4)nc(N4CCOCC4)nc3n2)cc1. The lowest BCUT2D eigenvalue weighted by Gasteiger charge is -2.31. The summed E-state index contributed by atoms with van der Waals surface area (Å²) in [6.45, 7) is 5.93. The molecule has 0 bridgehead atoms. The quantitative estimate of drug-likeness (QED) is 0.0401. The van der Waals surface area contributed by atoms with Gasteiger partial charge in [0, 0.05) is 72.6 Å². The molecular formula is C79H64BCl3N26O8. The number of rotatable bonds is 9. The molecule has 582 valence electrons. The van der Waals surface area contributed by atoms with E-state index in [0.717, 1.165) is 65.2 Å². The predicted molar refractivity (Wildman–Crippen MR) is 441 cm³/mol. The molecule has 9 N–H and O–H groups in total. The van der Waals surface area contributed by atoms with Gasteiger partial charge in [0.25, 0.3) is 5.56 Å². The largest absolute Gasteiger partial charge is 0.488 e. The van der Waals surface area contributed by atoms with Crippen LogP contribution in [0, 0.1) is 34.0 Å². The first-order chi connectivity index (χ1) is 56.9. The second kappa shape index (κ2) is 41.6. The molecule has 2 aliphatic heterocycles. The van der Waals surface area contributed by atoms with E-state index >= 15 is 0 Å². The Balaban J connectivity index is 0.000000138. The molecule has 0 aliphatic carbocycles. The highest BCUT2D eigenvalue weighted by Gasteiger charge is 2.23. The van der Waals surface area contributed by atoms with Crippen molar-refractivity contribution in [3.8, 4) is 75.1 Å². The van der Waals surface area contributed by atoms with Crippen molar-refractivity contribution in [3.63, 3.8) is 0 Å². The van der Waals surface area contributed by atoms with Gasteiger partial charge >= 0.3 is 18.9 Å². The molecule has 0 unspecified atom stereocenters. The number of anilines is 5. The summed E-state index contributed by atoms with van der Waals surface area (Å²) in [5.74, 6) is 4.71. The minimum atomic E-state index is -1.34. The molecule has 0 saturated carbocycles. The molecule has 15 aromatic rings. The Morgan fingerprint density at radius 3 is 1.34 bits per heavy atom. The highest BCUT2D eigenvalue weighted by Crippen LogP contribution is 2.30. The van der Waals surface area contributed by atoms with E-state index in [1.807, 2.05) is 182 Å². The summed E-state index contributed by atoms with van der Waals surface area (Å²) in [7, 11) is -0.105. The molecule has 2 fully saturated rings. The summed E-state index contributed by atoms with van der Waals surface area (Å²) in [6.07, 6.45) is 8.24. The number of amides is 1. The van der Waals surface area contributed by atoms with E-state index in [9.17, 15) is 14.4 Å². The molecule has 2 aliphatic rings. The maximum absolute atomic E-state index is 11.5. The van der Waals surface area contributed by atoms with Crippen LogP contribution in [0.25, 0.3) is 90.0 Å². The molecule has 1 amide bonds. The third kappa shape index (κ3) is 23.2. The molecule has 38 heteroatoms. The van der Waals surface area contributed by atoms with Gasteiger partial charge in [0.15, 0.2) is 51.9 Å². The van der Waals surface area contributed by atoms with Crippen molar-refractivity contribution in [2.75, 3.05) is 86.3 Å². The van der Waals surface area contributed by atoms with Gasteiger partial charge in [0.1, 0.15) is 62.9 Å². The van der Waals surface area contributed by atoms with Crippen LogP contribution >= 0.6 is 34.8 Å². The van der Waals surface area contributed by atoms with Crippen molar-refractivity contribution in [1.82, 2.24) is 89.7 Å². The van der Waals surface area contributed by atoms with Crippen molar-refractivity contribution in [2.45, 2.75) is 0 Å². The van der Waals surface area contributed by atoms with E-state index in [1.54, 1.807) is 30.5 Å². The Bertz CT molecular complexity index is 6140. The highest BCUT2D eigenvalue weighted by atomic mass is 35.5. The maximum Gasteiger partial charge on any atom is 0.488 e. The van der Waals surface area contributed by atoms with Crippen LogP contribution in [-0.2, 0) is 14.2 Å². The van der Waals surface area contributed by atoms with Crippen LogP contribution in [0.5, 0.6) is 0 Å². The summed E-state index contributed by atoms with van der Waals surface area (Å²) in [5.41, 5.74) is 16.8. The fourth-order valence-corrected chi connectivity index (χ4v) is 11.1. The van der Waals surface area contributed by atoms with Crippen LogP contribution < -0.4 is 43.3 Å². The molecule has 6 aromatic carbocycles. The van der Waals surface area contributed by atoms with Crippen molar-refractivity contribution in [3.05, 3.63) is 272 Å². The average Bonchev–Trinajstić information content (AvgIpc) is 0.764. The number of methoxy groups -OCH3 is 1. The Morgan fingerprint density at radius 1 is 0.470 bits per heavy atom. The number of morpholine rings is 2. The third-order valence-electron chi connectivity index (χ3n) is 16.3. The van der Waals surface area contributed by atoms with Crippen LogP contribution in [-0.4, -0.2) is 173 Å². The van der Waals surface area contributed by atoms with Crippen molar-refractivity contribution in [1.29, 1.82) is 15.8 Å². The van der Waals surface area contributed by atoms with Gasteiger partial charge in [-0.3, -0.25) is 20.1 Å². The summed E-state index contributed by atoms with van der Waals surface area (Å²) < 4.78 is 15.5. The molecule has 0 atom stereocenters. The number of hydrogen-bond donors (Lipinski definition) is 7. The second-order valence-electron chi connectivity index (χ2n) is 24.0. The fraction of sp³-hybridized carbons (Fsp3) is 0.114. The number of H-pyrrole nitrogens is 2. The lowest BCUT2D eigenvalue weighted by Crippen LogP contribution is -2.39. The van der Waals surface area contributed by atoms with Gasteiger partial charge in [0.2, 0.25) is 16.5 Å². The standard InChI is InChI=1S/C20H22N6O2.C13H10N4O2.C12H6Cl2N4.C12H8N4O2.C11H8N4.C6H7BO2.C5H3ClN4/c1-2-4-15(5-3-1)17-21-14-16-18(22-17)23-20(26-8-12-28-13-9-26)24-19(16)25-6-10-27-11-7-25;1-19-13(18)17-12-10(7-14)8-15-11(16-12)9-5-3-2-4-6-9;13-9-8-6-15-10(7-4-2-1-3-5-7)17-11(8)18-12(14)16-9;17-11-8-6-13-9(7-4-2-1-3-5-7)14-10(8)15-12(18)16-11;12-6-9-7-14-11(15-10(9)13)8-4-2-1-3-5-8;8-7(9)6-4-2-1-3-5-6;6-5-9-2-3(1-7)4(8)10-5/h1-5,14H,6-13H2;2-6,8H,1H3,(H,15,16,17,18);1-6H;1-6H,(H2,13,14,15,16,17,18);1-5,7H,(H2,13,14,15);1-5,8-9H;2H,(H2,8,9,10). The number of aromatic nitrogens is 18. The Labute approximate surface area is 680 Å². The van der Waals surface area contributed by atoms with E-state index in [4.69, 9.17) is 96.5 Å². The summed E-state index contributed by atoms with van der Waals surface area (Å²) in [6, 6.07) is 62.0. The molecule has 34 nitrogen and oxygen atoms in total. The number of carbonyl (C=O) groups excluding carboxylic acids is 1. The third-order valence-corrected chi connectivity index (χ3v) is 17.0. The predicted octanol–water partition coefficient (Wildman–Crippen LogP) is 9.57. The number of halogens is 3. The minimum absolute atomic E-state index is 0.0523. The number of nitriles is 3. The van der Waals surface area contributed by atoms with E-state index in [1.165, 1.54) is 31.9 Å². The van der Waals surface area contributed by atoms with Gasteiger partial charge in [-0.2, -0.15) is 35.7 Å². The molecular weight excluding hydrogens is 1560 g/mol. The Morgan fingerprint density at radius 2 is 0.880 bits per heavy atom. The van der Waals surface area contributed by atoms with E-state index in [0.29, 0.717) is 89.2 Å². The first-order valence-electron chi connectivity index (χ1n) is 35.0. The summed E-state index contributed by atoms with van der Waals surface area (Å²) in [4.78, 5) is 110. The Kier molecular flexibility index (Phi) is 29.5. The van der Waals surface area contributed by atoms with Crippen LogP contribution in [0.15, 0.2) is 229 Å². The van der Waals surface area contributed by atoms with Crippen molar-refractivity contribution < 1.29 is 29.1 Å². The number of aromatic amines is 2. The van der Waals surface area contributed by atoms with Crippen molar-refractivity contribution >= 4 is 116 Å². The number of ether oxygens (including phenoxy) is 3. The van der Waals surface area contributed by atoms with Crippen LogP contribution in [0.4, 0.5) is 34.0 Å². The summed E-state index contributed by atoms with van der Waals surface area (Å²) in [5, 5.41) is 47.6. The number of nitrogens with zero attached hydrogens (tertiary/aromatic N) is 21. The molecule has 2 saturated heterocycles. The van der Waals surface area contributed by atoms with Gasteiger partial charge in [0.05, 0.1) is 62.9 Å². The zero-order valence-corrected chi connectivity index (χ0v) is 63.8. The lowest BCUT2D eigenvalue weighted by molar-refractivity contribution is 0.121. The number of carbonyl (C=O) groups is 1. The molecule has 0 radical (unpaired) electrons. The van der Waals surface area contributed by atoms with Crippen LogP contribution in [0.3, 0.4) is 0 Å². The number of nitrogen functional groups attached to an aromatic ring is 2. The minimum Gasteiger partial charge on any atom is -0.453 e. The van der Waals surface area contributed by atoms with Gasteiger partial charge in [-0.25, -0.2) is 69.4 Å². The lowest BCUT2D eigenvalue weighted by atomic mass is 9.81.